The van der Waals surface area contributed by atoms with Crippen LogP contribution in [-0.4, -0.2) is 60.5 Å². The van der Waals surface area contributed by atoms with E-state index in [1.54, 1.807) is 0 Å². The Labute approximate surface area is 130 Å². The molecule has 1 amide bonds. The third-order valence-electron chi connectivity index (χ3n) is 5.04. The fourth-order valence-corrected chi connectivity index (χ4v) is 3.63. The van der Waals surface area contributed by atoms with E-state index in [2.05, 4.69) is 35.9 Å². The van der Waals surface area contributed by atoms with E-state index in [0.29, 0.717) is 17.9 Å². The molecule has 2 aliphatic rings. The van der Waals surface area contributed by atoms with Gasteiger partial charge in [0, 0.05) is 32.2 Å². The van der Waals surface area contributed by atoms with Gasteiger partial charge in [-0.25, -0.2) is 0 Å². The molecule has 4 nitrogen and oxygen atoms in total. The first kappa shape index (κ1) is 16.8. The number of carbonyl (C=O) groups is 1. The summed E-state index contributed by atoms with van der Waals surface area (Å²) in [5.74, 6) is 1.04. The standard InChI is InChI=1S/C17H33N3O/c1-14(2)8-11-20(16-6-4-5-7-16)15(3)17(21)19-12-9-18-10-13-19/h14-16,18H,4-13H2,1-3H3. The van der Waals surface area contributed by atoms with E-state index in [0.717, 1.165) is 32.7 Å². The number of hydrogen-bond acceptors (Lipinski definition) is 3. The van der Waals surface area contributed by atoms with E-state index < -0.39 is 0 Å². The normalized spacial score (nSPS) is 22.2. The summed E-state index contributed by atoms with van der Waals surface area (Å²) in [6.07, 6.45) is 6.40. The van der Waals surface area contributed by atoms with Crippen molar-refractivity contribution in [3.8, 4) is 0 Å². The highest BCUT2D eigenvalue weighted by Gasteiger charge is 2.32. The molecule has 1 N–H and O–H groups in total. The van der Waals surface area contributed by atoms with E-state index in [-0.39, 0.29) is 6.04 Å². The molecule has 1 unspecified atom stereocenters. The number of nitrogens with zero attached hydrogens (tertiary/aromatic N) is 2. The first-order valence-corrected chi connectivity index (χ1v) is 8.85. The van der Waals surface area contributed by atoms with Crippen LogP contribution in [0.4, 0.5) is 0 Å². The minimum Gasteiger partial charge on any atom is -0.339 e. The maximum absolute atomic E-state index is 12.8. The predicted molar refractivity (Wildman–Crippen MR) is 87.3 cm³/mol. The van der Waals surface area contributed by atoms with Crippen molar-refractivity contribution in [1.29, 1.82) is 0 Å². The van der Waals surface area contributed by atoms with Crippen molar-refractivity contribution in [3.63, 3.8) is 0 Å². The van der Waals surface area contributed by atoms with Crippen LogP contribution >= 0.6 is 0 Å². The van der Waals surface area contributed by atoms with Gasteiger partial charge in [-0.15, -0.1) is 0 Å². The fraction of sp³-hybridized carbons (Fsp3) is 0.941. The Morgan fingerprint density at radius 3 is 2.38 bits per heavy atom. The van der Waals surface area contributed by atoms with E-state index in [4.69, 9.17) is 0 Å². The highest BCUT2D eigenvalue weighted by molar-refractivity contribution is 5.81. The second-order valence-electron chi connectivity index (χ2n) is 7.11. The Bertz CT molecular complexity index is 320. The van der Waals surface area contributed by atoms with Crippen LogP contribution in [0.3, 0.4) is 0 Å². The number of hydrogen-bond donors (Lipinski definition) is 1. The molecule has 1 saturated carbocycles. The molecule has 122 valence electrons. The lowest BCUT2D eigenvalue weighted by molar-refractivity contribution is -0.138. The van der Waals surface area contributed by atoms with Crippen molar-refractivity contribution in [3.05, 3.63) is 0 Å². The molecule has 1 aliphatic carbocycles. The Morgan fingerprint density at radius 2 is 1.81 bits per heavy atom. The van der Waals surface area contributed by atoms with Gasteiger partial charge >= 0.3 is 0 Å². The summed E-state index contributed by atoms with van der Waals surface area (Å²) in [6.45, 7) is 11.4. The Balaban J connectivity index is 1.97. The van der Waals surface area contributed by atoms with E-state index in [1.165, 1.54) is 32.1 Å². The van der Waals surface area contributed by atoms with Gasteiger partial charge in [-0.05, 0) is 38.6 Å². The van der Waals surface area contributed by atoms with E-state index in [1.807, 2.05) is 0 Å². The van der Waals surface area contributed by atoms with Crippen molar-refractivity contribution in [1.82, 2.24) is 15.1 Å². The maximum Gasteiger partial charge on any atom is 0.239 e. The monoisotopic (exact) mass is 295 g/mol. The zero-order chi connectivity index (χ0) is 15.2. The average molecular weight is 295 g/mol. The molecule has 0 aromatic heterocycles. The fourth-order valence-electron chi connectivity index (χ4n) is 3.63. The van der Waals surface area contributed by atoms with Crippen LogP contribution in [0, 0.1) is 5.92 Å². The quantitative estimate of drug-likeness (QED) is 0.815. The molecule has 21 heavy (non-hydrogen) atoms. The maximum atomic E-state index is 12.8. The largest absolute Gasteiger partial charge is 0.339 e. The molecule has 1 atom stereocenters. The third kappa shape index (κ3) is 4.68. The zero-order valence-corrected chi connectivity index (χ0v) is 14.1. The van der Waals surface area contributed by atoms with Crippen molar-refractivity contribution in [2.75, 3.05) is 32.7 Å². The van der Waals surface area contributed by atoms with Gasteiger partial charge < -0.3 is 10.2 Å². The molecule has 0 spiro atoms. The highest BCUT2D eigenvalue weighted by atomic mass is 16.2. The second-order valence-corrected chi connectivity index (χ2v) is 7.11. The molecule has 0 radical (unpaired) electrons. The van der Waals surface area contributed by atoms with Crippen LogP contribution in [0.5, 0.6) is 0 Å². The molecule has 1 saturated heterocycles. The molecular formula is C17H33N3O. The third-order valence-corrected chi connectivity index (χ3v) is 5.04. The van der Waals surface area contributed by atoms with Gasteiger partial charge in [0.1, 0.15) is 0 Å². The van der Waals surface area contributed by atoms with Gasteiger partial charge in [0.2, 0.25) is 5.91 Å². The van der Waals surface area contributed by atoms with Crippen molar-refractivity contribution < 1.29 is 4.79 Å². The summed E-state index contributed by atoms with van der Waals surface area (Å²) >= 11 is 0. The molecule has 1 aliphatic heterocycles. The highest BCUT2D eigenvalue weighted by Crippen LogP contribution is 2.26. The number of carbonyl (C=O) groups excluding carboxylic acids is 1. The molecule has 2 rings (SSSR count). The smallest absolute Gasteiger partial charge is 0.239 e. The molecule has 2 fully saturated rings. The van der Waals surface area contributed by atoms with Gasteiger partial charge in [0.25, 0.3) is 0 Å². The summed E-state index contributed by atoms with van der Waals surface area (Å²) in [6, 6.07) is 0.676. The van der Waals surface area contributed by atoms with Crippen molar-refractivity contribution in [2.45, 2.75) is 65.0 Å². The summed E-state index contributed by atoms with van der Waals surface area (Å²) in [5, 5.41) is 3.33. The zero-order valence-electron chi connectivity index (χ0n) is 14.1. The molecule has 0 aromatic rings. The first-order valence-electron chi connectivity index (χ1n) is 8.85. The predicted octanol–water partition coefficient (Wildman–Crippen LogP) is 2.10. The van der Waals surface area contributed by atoms with Gasteiger partial charge in [-0.3, -0.25) is 9.69 Å². The minimum absolute atomic E-state index is 0.0462. The number of piperazine rings is 1. The minimum atomic E-state index is 0.0462. The summed E-state index contributed by atoms with van der Waals surface area (Å²) in [5.41, 5.74) is 0. The van der Waals surface area contributed by atoms with Gasteiger partial charge in [0.15, 0.2) is 0 Å². The average Bonchev–Trinajstić information content (AvgIpc) is 3.01. The molecule has 0 aromatic carbocycles. The number of amides is 1. The topological polar surface area (TPSA) is 35.6 Å². The Kier molecular flexibility index (Phi) is 6.49. The summed E-state index contributed by atoms with van der Waals surface area (Å²) < 4.78 is 0. The van der Waals surface area contributed by atoms with Gasteiger partial charge in [0.05, 0.1) is 6.04 Å². The summed E-state index contributed by atoms with van der Waals surface area (Å²) in [7, 11) is 0. The van der Waals surface area contributed by atoms with Crippen LogP contribution in [-0.2, 0) is 4.79 Å². The van der Waals surface area contributed by atoms with E-state index in [9.17, 15) is 4.79 Å². The lowest BCUT2D eigenvalue weighted by Gasteiger charge is -2.38. The van der Waals surface area contributed by atoms with Crippen LogP contribution in [0.1, 0.15) is 52.9 Å². The van der Waals surface area contributed by atoms with Gasteiger partial charge in [-0.1, -0.05) is 26.7 Å². The number of nitrogens with one attached hydrogen (secondary N) is 1. The van der Waals surface area contributed by atoms with E-state index >= 15 is 0 Å². The lowest BCUT2D eigenvalue weighted by atomic mass is 10.1. The van der Waals surface area contributed by atoms with Crippen LogP contribution in [0.15, 0.2) is 0 Å². The second kappa shape index (κ2) is 8.14. The van der Waals surface area contributed by atoms with Crippen LogP contribution in [0.2, 0.25) is 0 Å². The first-order chi connectivity index (χ1) is 10.1. The summed E-state index contributed by atoms with van der Waals surface area (Å²) in [4.78, 5) is 17.4. The van der Waals surface area contributed by atoms with Crippen molar-refractivity contribution in [2.24, 2.45) is 5.92 Å². The lowest BCUT2D eigenvalue weighted by Crippen LogP contribution is -2.55. The van der Waals surface area contributed by atoms with Crippen LogP contribution in [0.25, 0.3) is 0 Å². The Hall–Kier alpha value is -0.610. The van der Waals surface area contributed by atoms with Crippen LogP contribution < -0.4 is 5.32 Å². The Morgan fingerprint density at radius 1 is 1.19 bits per heavy atom. The molecule has 4 heteroatoms. The molecule has 1 heterocycles. The van der Waals surface area contributed by atoms with Crippen molar-refractivity contribution >= 4 is 5.91 Å². The van der Waals surface area contributed by atoms with Gasteiger partial charge in [-0.2, -0.15) is 0 Å². The SMILES string of the molecule is CC(C)CCN(C1CCCC1)C(C)C(=O)N1CCNCC1. The number of rotatable bonds is 6. The molecular weight excluding hydrogens is 262 g/mol. The molecule has 0 bridgehead atoms.